The van der Waals surface area contributed by atoms with E-state index in [1.165, 1.54) is 32.7 Å². The molecule has 3 heteroatoms. The molecule has 0 aliphatic heterocycles. The zero-order valence-corrected chi connectivity index (χ0v) is 13.6. The molecule has 0 spiro atoms. The van der Waals surface area contributed by atoms with E-state index in [0.29, 0.717) is 16.0 Å². The van der Waals surface area contributed by atoms with Gasteiger partial charge in [-0.1, -0.05) is 0 Å². The zero-order valence-electron chi connectivity index (χ0n) is 11.9. The zero-order chi connectivity index (χ0) is 13.1. The van der Waals surface area contributed by atoms with Crippen molar-refractivity contribution in [1.82, 2.24) is 0 Å². The van der Waals surface area contributed by atoms with Crippen LogP contribution in [0, 0.1) is 16.7 Å². The summed E-state index contributed by atoms with van der Waals surface area (Å²) >= 11 is 0. The minimum atomic E-state index is 0.276. The van der Waals surface area contributed by atoms with Crippen LogP contribution in [0.5, 0.6) is 0 Å². The molecule has 98 valence electrons. The summed E-state index contributed by atoms with van der Waals surface area (Å²) in [5.74, 6) is 2.75. The predicted octanol–water partition coefficient (Wildman–Crippen LogP) is 4.54. The summed E-state index contributed by atoms with van der Waals surface area (Å²) < 4.78 is 0. The van der Waals surface area contributed by atoms with E-state index in [2.05, 4.69) is 39.7 Å². The number of rotatable bonds is 6. The van der Waals surface area contributed by atoms with Crippen LogP contribution in [-0.4, -0.2) is 23.0 Å². The van der Waals surface area contributed by atoms with Crippen molar-refractivity contribution in [3.05, 3.63) is 0 Å². The SMILES string of the molecule is CC=[P+]=S(C)C(CC)CC(C)C(=N)C1(C)CC1. The van der Waals surface area contributed by atoms with Gasteiger partial charge in [0.05, 0.1) is 0 Å². The average Bonchev–Trinajstić information content (AvgIpc) is 3.04. The number of nitrogens with one attached hydrogen (secondary N) is 1. The third-order valence-electron chi connectivity index (χ3n) is 3.97. The Labute approximate surface area is 110 Å². The predicted molar refractivity (Wildman–Crippen MR) is 84.9 cm³/mol. The first-order chi connectivity index (χ1) is 7.94. The van der Waals surface area contributed by atoms with E-state index in [1.54, 1.807) is 0 Å². The molecular weight excluding hydrogens is 245 g/mol. The first-order valence-electron chi connectivity index (χ1n) is 6.67. The Hall–Kier alpha value is 0.320. The summed E-state index contributed by atoms with van der Waals surface area (Å²) in [6.45, 7) is 10.5. The molecule has 1 N–H and O–H groups in total. The van der Waals surface area contributed by atoms with E-state index in [-0.39, 0.29) is 5.41 Å². The molecule has 0 aromatic carbocycles. The van der Waals surface area contributed by atoms with Gasteiger partial charge >= 0.3 is 110 Å². The summed E-state index contributed by atoms with van der Waals surface area (Å²) in [5, 5.41) is 9.11. The van der Waals surface area contributed by atoms with Crippen LogP contribution in [0.2, 0.25) is 0 Å². The van der Waals surface area contributed by atoms with Crippen molar-refractivity contribution in [2.45, 2.75) is 58.6 Å². The second kappa shape index (κ2) is 6.48. The van der Waals surface area contributed by atoms with Crippen molar-refractivity contribution >= 4 is 28.6 Å². The Morgan fingerprint density at radius 3 is 2.53 bits per heavy atom. The monoisotopic (exact) mass is 272 g/mol. The van der Waals surface area contributed by atoms with Gasteiger partial charge in [0, 0.05) is 0 Å². The molecule has 0 saturated heterocycles. The van der Waals surface area contributed by atoms with E-state index in [1.807, 2.05) is 0 Å². The molecule has 0 aromatic heterocycles. The molecule has 0 aromatic rings. The molecule has 1 fully saturated rings. The van der Waals surface area contributed by atoms with Gasteiger partial charge in [0.15, 0.2) is 0 Å². The molecule has 1 aliphatic rings. The summed E-state index contributed by atoms with van der Waals surface area (Å²) in [4.78, 5) is 0. The maximum absolute atomic E-state index is 8.31. The van der Waals surface area contributed by atoms with Gasteiger partial charge in [-0.15, -0.1) is 0 Å². The summed E-state index contributed by atoms with van der Waals surface area (Å²) in [7, 11) is 0.469. The number of hydrogen-bond donors (Lipinski definition) is 1. The molecule has 0 heterocycles. The molecule has 1 rings (SSSR count). The van der Waals surface area contributed by atoms with Crippen molar-refractivity contribution in [2.24, 2.45) is 11.3 Å². The summed E-state index contributed by atoms with van der Waals surface area (Å²) in [5.41, 5.74) is 1.30. The topological polar surface area (TPSA) is 23.9 Å². The Kier molecular flexibility index (Phi) is 5.86. The molecule has 3 unspecified atom stereocenters. The van der Waals surface area contributed by atoms with Crippen LogP contribution >= 0.6 is 6.98 Å². The first kappa shape index (κ1) is 15.4. The average molecular weight is 272 g/mol. The minimum absolute atomic E-state index is 0.276. The molecule has 0 bridgehead atoms. The van der Waals surface area contributed by atoms with Crippen LogP contribution in [0.3, 0.4) is 0 Å². The first-order valence-corrected chi connectivity index (χ1v) is 9.93. The second-order valence-corrected chi connectivity index (χ2v) is 10.3. The van der Waals surface area contributed by atoms with Crippen molar-refractivity contribution in [2.75, 3.05) is 6.26 Å². The fraction of sp³-hybridized carbons (Fsp3) is 0.857. The Morgan fingerprint density at radius 2 is 2.12 bits per heavy atom. The van der Waals surface area contributed by atoms with Gasteiger partial charge in [-0.3, -0.25) is 0 Å². The van der Waals surface area contributed by atoms with E-state index < -0.39 is 0 Å². The second-order valence-electron chi connectivity index (χ2n) is 5.53. The molecule has 0 radical (unpaired) electrons. The standard InChI is InChI=1S/C14H27NPS/c1-6-12(17(5)16-7-2)10-11(3)13(15)14(4)8-9-14/h7,11-12,15H,6,8-10H2,1-5H3/q+1. The van der Waals surface area contributed by atoms with Gasteiger partial charge in [-0.2, -0.15) is 0 Å². The Balaban J connectivity index is 2.62. The van der Waals surface area contributed by atoms with Crippen molar-refractivity contribution < 1.29 is 0 Å². The number of hydrogen-bond acceptors (Lipinski definition) is 1. The molecule has 1 nitrogen and oxygen atoms in total. The van der Waals surface area contributed by atoms with Crippen LogP contribution in [-0.2, 0) is 10.1 Å². The van der Waals surface area contributed by atoms with Gasteiger partial charge < -0.3 is 0 Å². The fourth-order valence-corrected chi connectivity index (χ4v) is 6.14. The molecule has 0 amide bonds. The summed E-state index contributed by atoms with van der Waals surface area (Å²) in [6, 6.07) is 0. The van der Waals surface area contributed by atoms with Crippen LogP contribution in [0.4, 0.5) is 0 Å². The Morgan fingerprint density at radius 1 is 1.53 bits per heavy atom. The van der Waals surface area contributed by atoms with Crippen LogP contribution in [0.15, 0.2) is 0 Å². The van der Waals surface area contributed by atoms with E-state index in [0.717, 1.165) is 11.0 Å². The normalized spacial score (nSPS) is 22.4. The van der Waals surface area contributed by atoms with E-state index >= 15 is 0 Å². The fourth-order valence-electron chi connectivity index (χ4n) is 2.36. The van der Waals surface area contributed by atoms with E-state index in [9.17, 15) is 0 Å². The van der Waals surface area contributed by atoms with Gasteiger partial charge in [-0.05, 0) is 0 Å². The Bertz CT molecular complexity index is 351. The van der Waals surface area contributed by atoms with E-state index in [4.69, 9.17) is 5.41 Å². The van der Waals surface area contributed by atoms with Gasteiger partial charge in [-0.25, -0.2) is 0 Å². The van der Waals surface area contributed by atoms with Crippen LogP contribution in [0.25, 0.3) is 0 Å². The van der Waals surface area contributed by atoms with Gasteiger partial charge in [0.2, 0.25) is 0 Å². The van der Waals surface area contributed by atoms with Crippen molar-refractivity contribution in [3.8, 4) is 0 Å². The van der Waals surface area contributed by atoms with Crippen LogP contribution < -0.4 is 0 Å². The van der Waals surface area contributed by atoms with Crippen LogP contribution in [0.1, 0.15) is 53.4 Å². The molecule has 1 saturated carbocycles. The summed E-state index contributed by atoms with van der Waals surface area (Å²) in [6.07, 6.45) is 7.34. The molecule has 1 aliphatic carbocycles. The molecular formula is C14H27NPS+. The third kappa shape index (κ3) is 4.17. The van der Waals surface area contributed by atoms with Crippen molar-refractivity contribution in [3.63, 3.8) is 0 Å². The van der Waals surface area contributed by atoms with Crippen molar-refractivity contribution in [1.29, 1.82) is 5.41 Å². The third-order valence-corrected chi connectivity index (χ3v) is 8.53. The van der Waals surface area contributed by atoms with Gasteiger partial charge in [0.25, 0.3) is 0 Å². The quantitative estimate of drug-likeness (QED) is 0.542. The maximum atomic E-state index is 8.31. The molecule has 3 atom stereocenters. The molecule has 17 heavy (non-hydrogen) atoms. The van der Waals surface area contributed by atoms with Gasteiger partial charge in [0.1, 0.15) is 0 Å².